The van der Waals surface area contributed by atoms with Crippen molar-refractivity contribution in [2.75, 3.05) is 25.1 Å². The molecule has 1 aromatic carbocycles. The zero-order valence-electron chi connectivity index (χ0n) is 26.5. The predicted molar refractivity (Wildman–Crippen MR) is 170 cm³/mol. The third-order valence-corrected chi connectivity index (χ3v) is 9.15. The van der Waals surface area contributed by atoms with Crippen LogP contribution in [0.4, 0.5) is 10.3 Å². The van der Waals surface area contributed by atoms with E-state index < -0.39 is 17.5 Å². The number of carbonyl (C=O) groups excluding carboxylic acids is 1. The Balaban J connectivity index is 1.57. The Morgan fingerprint density at radius 3 is 2.64 bits per heavy atom. The summed E-state index contributed by atoms with van der Waals surface area (Å²) in [6.45, 7) is 13.1. The highest BCUT2D eigenvalue weighted by atomic mass is 32.1. The molecular weight excluding hydrogens is 581 g/mol. The molecule has 0 saturated carbocycles. The summed E-state index contributed by atoms with van der Waals surface area (Å²) >= 11 is 1.32. The van der Waals surface area contributed by atoms with Crippen LogP contribution in [0.25, 0.3) is 32.9 Å². The van der Waals surface area contributed by atoms with Gasteiger partial charge in [0.05, 0.1) is 17.9 Å². The number of pyridine rings is 1. The standard InChI is InChI=1S/C33H40FN5O4S/c1-17-21-9-8-12-42-29(21)24(34)15-22(17)27-23-16-25(31-37-32(38-44-31)36-20-10-13-41-14-11-20)39(7)30(23)35-18(2)26(27)28(19(3)40)43-33(4,5)6/h15-16,20,28H,8-14H2,1-7H3,(H,36,38)/t28-/m1/s1. The Bertz CT molecular complexity index is 1730. The van der Waals surface area contributed by atoms with Crippen LogP contribution in [-0.2, 0) is 27.7 Å². The molecule has 44 heavy (non-hydrogen) atoms. The smallest absolute Gasteiger partial charge is 0.235 e. The zero-order valence-corrected chi connectivity index (χ0v) is 27.3. The topological polar surface area (TPSA) is 100 Å². The number of aryl methyl sites for hydroxylation is 2. The third-order valence-electron chi connectivity index (χ3n) is 8.41. The molecule has 2 aliphatic rings. The molecule has 1 saturated heterocycles. The van der Waals surface area contributed by atoms with E-state index in [0.29, 0.717) is 40.8 Å². The lowest BCUT2D eigenvalue weighted by atomic mass is 9.86. The monoisotopic (exact) mass is 621 g/mol. The lowest BCUT2D eigenvalue weighted by Gasteiger charge is -2.30. The molecule has 9 nitrogen and oxygen atoms in total. The maximum absolute atomic E-state index is 15.7. The maximum atomic E-state index is 15.7. The number of halogens is 1. The minimum Gasteiger partial charge on any atom is -0.490 e. The van der Waals surface area contributed by atoms with Gasteiger partial charge in [-0.05, 0) is 102 Å². The van der Waals surface area contributed by atoms with Crippen molar-refractivity contribution >= 4 is 34.3 Å². The molecule has 6 rings (SSSR count). The molecule has 11 heteroatoms. The fraction of sp³-hybridized carbons (Fsp3) is 0.515. The van der Waals surface area contributed by atoms with E-state index in [0.717, 1.165) is 71.7 Å². The number of carbonyl (C=O) groups is 1. The molecule has 1 N–H and O–H groups in total. The SMILES string of the molecule is CC(=O)[C@@H](OC(C)(C)C)c1c(C)nc2c(cc(-c3nc(NC4CCOCC4)ns3)n2C)c1-c1cc(F)c2c(c1C)CCCO2. The van der Waals surface area contributed by atoms with Crippen LogP contribution in [0.5, 0.6) is 5.75 Å². The number of ether oxygens (including phenoxy) is 3. The van der Waals surface area contributed by atoms with Crippen LogP contribution in [0.2, 0.25) is 0 Å². The molecule has 3 aromatic heterocycles. The first-order valence-electron chi connectivity index (χ1n) is 15.2. The van der Waals surface area contributed by atoms with Crippen molar-refractivity contribution in [3.05, 3.63) is 40.3 Å². The van der Waals surface area contributed by atoms with E-state index in [1.165, 1.54) is 18.5 Å². The van der Waals surface area contributed by atoms with Gasteiger partial charge in [-0.15, -0.1) is 0 Å². The van der Waals surface area contributed by atoms with Gasteiger partial charge in [-0.1, -0.05) is 0 Å². The van der Waals surface area contributed by atoms with Crippen LogP contribution in [0.1, 0.15) is 75.4 Å². The number of hydrogen-bond acceptors (Lipinski definition) is 9. The second-order valence-electron chi connectivity index (χ2n) is 12.8. The minimum atomic E-state index is -0.892. The molecule has 0 spiro atoms. The Labute approximate surface area is 261 Å². The normalized spacial score (nSPS) is 16.5. The number of hydrogen-bond donors (Lipinski definition) is 1. The van der Waals surface area contributed by atoms with E-state index in [2.05, 4.69) is 9.69 Å². The molecule has 2 aliphatic heterocycles. The maximum Gasteiger partial charge on any atom is 0.235 e. The molecular formula is C33H40FN5O4S. The first-order chi connectivity index (χ1) is 20.9. The zero-order chi connectivity index (χ0) is 31.3. The largest absolute Gasteiger partial charge is 0.490 e. The number of fused-ring (bicyclic) bond motifs is 2. The Morgan fingerprint density at radius 2 is 1.93 bits per heavy atom. The lowest BCUT2D eigenvalue weighted by Crippen LogP contribution is -2.28. The van der Waals surface area contributed by atoms with Crippen molar-refractivity contribution in [2.45, 2.75) is 85.0 Å². The molecule has 4 aromatic rings. The number of rotatable bonds is 7. The van der Waals surface area contributed by atoms with E-state index in [-0.39, 0.29) is 11.8 Å². The Morgan fingerprint density at radius 1 is 1.18 bits per heavy atom. The highest BCUT2D eigenvalue weighted by Gasteiger charge is 2.33. The van der Waals surface area contributed by atoms with Crippen molar-refractivity contribution < 1.29 is 23.4 Å². The fourth-order valence-electron chi connectivity index (χ4n) is 6.30. The van der Waals surface area contributed by atoms with Gasteiger partial charge >= 0.3 is 0 Å². The second kappa shape index (κ2) is 11.8. The average Bonchev–Trinajstić information content (AvgIpc) is 3.57. The summed E-state index contributed by atoms with van der Waals surface area (Å²) in [4.78, 5) is 23.1. The van der Waals surface area contributed by atoms with Crippen LogP contribution >= 0.6 is 11.5 Å². The van der Waals surface area contributed by atoms with Crippen molar-refractivity contribution in [3.8, 4) is 27.6 Å². The minimum absolute atomic E-state index is 0.144. The molecule has 0 radical (unpaired) electrons. The summed E-state index contributed by atoms with van der Waals surface area (Å²) in [6, 6.07) is 3.84. The second-order valence-corrected chi connectivity index (χ2v) is 13.5. The number of benzene rings is 1. The molecule has 0 aliphatic carbocycles. The van der Waals surface area contributed by atoms with Crippen molar-refractivity contribution in [2.24, 2.45) is 7.05 Å². The highest BCUT2D eigenvalue weighted by Crippen LogP contribution is 2.45. The number of anilines is 1. The Hall–Kier alpha value is -3.41. The summed E-state index contributed by atoms with van der Waals surface area (Å²) < 4.78 is 40.0. The molecule has 1 fully saturated rings. The van der Waals surface area contributed by atoms with Crippen LogP contribution in [0.3, 0.4) is 0 Å². The fourth-order valence-corrected chi connectivity index (χ4v) is 6.98. The highest BCUT2D eigenvalue weighted by molar-refractivity contribution is 7.09. The number of nitrogens with zero attached hydrogens (tertiary/aromatic N) is 4. The molecule has 5 heterocycles. The van der Waals surface area contributed by atoms with E-state index in [9.17, 15) is 4.79 Å². The summed E-state index contributed by atoms with van der Waals surface area (Å²) in [6.07, 6.45) is 2.46. The first-order valence-corrected chi connectivity index (χ1v) is 16.0. The number of ketones is 1. The van der Waals surface area contributed by atoms with Gasteiger partial charge in [-0.2, -0.15) is 9.36 Å². The lowest BCUT2D eigenvalue weighted by molar-refractivity contribution is -0.138. The van der Waals surface area contributed by atoms with Crippen LogP contribution < -0.4 is 10.1 Å². The third kappa shape index (κ3) is 5.73. The van der Waals surface area contributed by atoms with Gasteiger partial charge in [-0.25, -0.2) is 9.37 Å². The predicted octanol–water partition coefficient (Wildman–Crippen LogP) is 6.88. The molecule has 0 unspecified atom stereocenters. The number of nitrogens with one attached hydrogen (secondary N) is 1. The van der Waals surface area contributed by atoms with Crippen LogP contribution in [0, 0.1) is 19.7 Å². The molecule has 1 atom stereocenters. The molecule has 234 valence electrons. The number of aromatic nitrogens is 4. The van der Waals surface area contributed by atoms with Gasteiger partial charge in [0.2, 0.25) is 5.95 Å². The van der Waals surface area contributed by atoms with E-state index in [1.54, 1.807) is 6.07 Å². The van der Waals surface area contributed by atoms with Crippen molar-refractivity contribution in [3.63, 3.8) is 0 Å². The van der Waals surface area contributed by atoms with Gasteiger partial charge in [0.15, 0.2) is 22.4 Å². The molecule has 0 amide bonds. The van der Waals surface area contributed by atoms with Crippen molar-refractivity contribution in [1.29, 1.82) is 0 Å². The average molecular weight is 622 g/mol. The summed E-state index contributed by atoms with van der Waals surface area (Å²) in [5.74, 6) is 0.361. The summed E-state index contributed by atoms with van der Waals surface area (Å²) in [5.41, 5.74) is 5.47. The quantitative estimate of drug-likeness (QED) is 0.239. The number of Topliss-reactive ketones (excluding diaryl/α,β-unsaturated/α-hetero) is 1. The summed E-state index contributed by atoms with van der Waals surface area (Å²) in [7, 11) is 1.95. The van der Waals surface area contributed by atoms with Gasteiger partial charge in [-0.3, -0.25) is 4.79 Å². The van der Waals surface area contributed by atoms with Crippen molar-refractivity contribution in [1.82, 2.24) is 18.9 Å². The Kier molecular flexibility index (Phi) is 8.23. The van der Waals surface area contributed by atoms with Gasteiger partial charge in [0.25, 0.3) is 0 Å². The van der Waals surface area contributed by atoms with E-state index in [4.69, 9.17) is 24.2 Å². The first kappa shape index (κ1) is 30.6. The summed E-state index contributed by atoms with van der Waals surface area (Å²) in [5, 5.41) is 4.98. The van der Waals surface area contributed by atoms with E-state index >= 15 is 4.39 Å². The van der Waals surface area contributed by atoms with Crippen LogP contribution in [0.15, 0.2) is 12.1 Å². The van der Waals surface area contributed by atoms with Crippen LogP contribution in [-0.4, -0.2) is 56.2 Å². The van der Waals surface area contributed by atoms with Gasteiger partial charge in [0, 0.05) is 54.1 Å². The van der Waals surface area contributed by atoms with Gasteiger partial charge in [0.1, 0.15) is 11.8 Å². The molecule has 0 bridgehead atoms. The van der Waals surface area contributed by atoms with Gasteiger partial charge < -0.3 is 24.1 Å². The van der Waals surface area contributed by atoms with E-state index in [1.807, 2.05) is 52.3 Å².